The Morgan fingerprint density at radius 2 is 1.71 bits per heavy atom. The molecule has 1 aliphatic heterocycles. The molecule has 1 aliphatic rings. The van der Waals surface area contributed by atoms with E-state index in [4.69, 9.17) is 10.5 Å². The average molecular weight is 205 g/mol. The molecular formula is C9H19NO4. The minimum atomic E-state index is -1.18. The Bertz CT molecular complexity index is 186. The minimum absolute atomic E-state index is 0.0706. The van der Waals surface area contributed by atoms with Gasteiger partial charge in [-0.05, 0) is 5.92 Å². The summed E-state index contributed by atoms with van der Waals surface area (Å²) in [5.41, 5.74) is 5.39. The van der Waals surface area contributed by atoms with Gasteiger partial charge in [0, 0.05) is 6.54 Å². The van der Waals surface area contributed by atoms with Gasteiger partial charge in [0.2, 0.25) is 0 Å². The molecule has 0 aliphatic carbocycles. The molecule has 0 amide bonds. The summed E-state index contributed by atoms with van der Waals surface area (Å²) in [6.45, 7) is 3.89. The maximum Gasteiger partial charge on any atom is 0.111 e. The Morgan fingerprint density at radius 1 is 1.14 bits per heavy atom. The summed E-state index contributed by atoms with van der Waals surface area (Å²) >= 11 is 0. The summed E-state index contributed by atoms with van der Waals surface area (Å²) in [7, 11) is 0. The van der Waals surface area contributed by atoms with Crippen molar-refractivity contribution in [1.29, 1.82) is 0 Å². The monoisotopic (exact) mass is 205 g/mol. The van der Waals surface area contributed by atoms with Gasteiger partial charge in [0.05, 0.1) is 12.2 Å². The topological polar surface area (TPSA) is 95.9 Å². The Labute approximate surface area is 83.5 Å². The van der Waals surface area contributed by atoms with E-state index in [0.717, 1.165) is 0 Å². The normalized spacial score (nSPS) is 44.4. The van der Waals surface area contributed by atoms with E-state index in [1.54, 1.807) is 0 Å². The third-order valence-electron chi connectivity index (χ3n) is 2.64. The fourth-order valence-electron chi connectivity index (χ4n) is 1.73. The second-order valence-corrected chi connectivity index (χ2v) is 4.09. The Balaban J connectivity index is 2.73. The molecule has 5 nitrogen and oxygen atoms in total. The fraction of sp³-hybridized carbons (Fsp3) is 1.00. The van der Waals surface area contributed by atoms with Crippen LogP contribution in [0.25, 0.3) is 0 Å². The molecule has 0 aromatic heterocycles. The lowest BCUT2D eigenvalue weighted by molar-refractivity contribution is -0.228. The minimum Gasteiger partial charge on any atom is -0.388 e. The van der Waals surface area contributed by atoms with E-state index in [0.29, 0.717) is 0 Å². The second-order valence-electron chi connectivity index (χ2n) is 4.09. The van der Waals surface area contributed by atoms with Crippen LogP contribution >= 0.6 is 0 Å². The molecule has 1 saturated heterocycles. The van der Waals surface area contributed by atoms with Crippen molar-refractivity contribution < 1.29 is 20.1 Å². The predicted octanol–water partition coefficient (Wildman–Crippen LogP) is -1.55. The van der Waals surface area contributed by atoms with Crippen molar-refractivity contribution in [1.82, 2.24) is 0 Å². The van der Waals surface area contributed by atoms with Crippen LogP contribution in [0.2, 0.25) is 0 Å². The third kappa shape index (κ3) is 2.07. The molecule has 0 bridgehead atoms. The quantitative estimate of drug-likeness (QED) is 0.438. The maximum atomic E-state index is 9.62. The van der Waals surface area contributed by atoms with Gasteiger partial charge in [-0.3, -0.25) is 0 Å². The summed E-state index contributed by atoms with van der Waals surface area (Å²) in [6.07, 6.45) is -4.40. The van der Waals surface area contributed by atoms with Crippen LogP contribution in [-0.4, -0.2) is 52.4 Å². The number of nitrogens with two attached hydrogens (primary N) is 1. The Kier molecular flexibility index (Phi) is 3.86. The van der Waals surface area contributed by atoms with Gasteiger partial charge in [0.15, 0.2) is 0 Å². The SMILES string of the molecule is CC(C)[C@@H]1OC(CN)[C@@H](O)C(O)[C@@H]1O. The van der Waals surface area contributed by atoms with Crippen LogP contribution in [0.5, 0.6) is 0 Å². The Hall–Kier alpha value is -0.200. The van der Waals surface area contributed by atoms with Crippen molar-refractivity contribution in [3.63, 3.8) is 0 Å². The molecule has 5 N–H and O–H groups in total. The lowest BCUT2D eigenvalue weighted by Gasteiger charge is -2.42. The molecule has 1 fully saturated rings. The van der Waals surface area contributed by atoms with Gasteiger partial charge in [-0.15, -0.1) is 0 Å². The molecule has 0 spiro atoms. The van der Waals surface area contributed by atoms with Gasteiger partial charge in [0.1, 0.15) is 18.3 Å². The summed E-state index contributed by atoms with van der Waals surface area (Å²) in [5.74, 6) is 0.0706. The largest absolute Gasteiger partial charge is 0.388 e. The number of hydrogen-bond acceptors (Lipinski definition) is 5. The van der Waals surface area contributed by atoms with Crippen molar-refractivity contribution in [3.05, 3.63) is 0 Å². The number of aliphatic hydroxyl groups is 3. The number of aliphatic hydroxyl groups excluding tert-OH is 3. The summed E-state index contributed by atoms with van der Waals surface area (Å²) in [5, 5.41) is 28.6. The fourth-order valence-corrected chi connectivity index (χ4v) is 1.73. The van der Waals surface area contributed by atoms with E-state index in [1.165, 1.54) is 0 Å². The van der Waals surface area contributed by atoms with E-state index in [1.807, 2.05) is 13.8 Å². The average Bonchev–Trinajstić information content (AvgIpc) is 2.14. The molecular weight excluding hydrogens is 186 g/mol. The molecule has 2 unspecified atom stereocenters. The third-order valence-corrected chi connectivity index (χ3v) is 2.64. The van der Waals surface area contributed by atoms with Crippen molar-refractivity contribution >= 4 is 0 Å². The number of hydrogen-bond donors (Lipinski definition) is 4. The molecule has 84 valence electrons. The van der Waals surface area contributed by atoms with Crippen LogP contribution in [0, 0.1) is 5.92 Å². The van der Waals surface area contributed by atoms with Gasteiger partial charge >= 0.3 is 0 Å². The van der Waals surface area contributed by atoms with Gasteiger partial charge in [0.25, 0.3) is 0 Å². The van der Waals surface area contributed by atoms with Crippen molar-refractivity contribution in [2.75, 3.05) is 6.54 Å². The molecule has 1 rings (SSSR count). The highest BCUT2D eigenvalue weighted by Crippen LogP contribution is 2.25. The Morgan fingerprint density at radius 3 is 2.14 bits per heavy atom. The molecule has 0 aromatic carbocycles. The van der Waals surface area contributed by atoms with Gasteiger partial charge in [-0.2, -0.15) is 0 Å². The van der Waals surface area contributed by atoms with E-state index in [2.05, 4.69) is 0 Å². The first-order valence-electron chi connectivity index (χ1n) is 4.88. The van der Waals surface area contributed by atoms with E-state index in [9.17, 15) is 15.3 Å². The molecule has 5 atom stereocenters. The molecule has 0 radical (unpaired) electrons. The van der Waals surface area contributed by atoms with Gasteiger partial charge in [-0.1, -0.05) is 13.8 Å². The zero-order valence-corrected chi connectivity index (χ0v) is 8.50. The highest BCUT2D eigenvalue weighted by molar-refractivity contribution is 4.93. The zero-order chi connectivity index (χ0) is 10.9. The first-order chi connectivity index (χ1) is 6.49. The van der Waals surface area contributed by atoms with Crippen LogP contribution in [0.1, 0.15) is 13.8 Å². The summed E-state index contributed by atoms with van der Waals surface area (Å²) in [4.78, 5) is 0. The van der Waals surface area contributed by atoms with Crippen LogP contribution in [0.3, 0.4) is 0 Å². The zero-order valence-electron chi connectivity index (χ0n) is 8.50. The predicted molar refractivity (Wildman–Crippen MR) is 50.6 cm³/mol. The smallest absolute Gasteiger partial charge is 0.111 e. The first-order valence-corrected chi connectivity index (χ1v) is 4.88. The number of rotatable bonds is 2. The van der Waals surface area contributed by atoms with E-state index >= 15 is 0 Å². The summed E-state index contributed by atoms with van der Waals surface area (Å²) < 4.78 is 5.41. The highest BCUT2D eigenvalue weighted by atomic mass is 16.5. The second kappa shape index (κ2) is 4.55. The number of ether oxygens (including phenoxy) is 1. The molecule has 14 heavy (non-hydrogen) atoms. The lowest BCUT2D eigenvalue weighted by Crippen LogP contribution is -2.60. The van der Waals surface area contributed by atoms with E-state index < -0.39 is 30.5 Å². The van der Waals surface area contributed by atoms with Gasteiger partial charge < -0.3 is 25.8 Å². The first kappa shape index (κ1) is 11.9. The van der Waals surface area contributed by atoms with Crippen LogP contribution < -0.4 is 5.73 Å². The van der Waals surface area contributed by atoms with Crippen LogP contribution in [-0.2, 0) is 4.74 Å². The van der Waals surface area contributed by atoms with Crippen LogP contribution in [0.4, 0.5) is 0 Å². The maximum absolute atomic E-state index is 9.62. The molecule has 0 aromatic rings. The van der Waals surface area contributed by atoms with Crippen molar-refractivity contribution in [2.24, 2.45) is 11.7 Å². The van der Waals surface area contributed by atoms with Gasteiger partial charge in [-0.25, -0.2) is 0 Å². The summed E-state index contributed by atoms with van der Waals surface area (Å²) in [6, 6.07) is 0. The van der Waals surface area contributed by atoms with Crippen molar-refractivity contribution in [2.45, 2.75) is 44.4 Å². The lowest BCUT2D eigenvalue weighted by atomic mass is 9.89. The van der Waals surface area contributed by atoms with Crippen molar-refractivity contribution in [3.8, 4) is 0 Å². The van der Waals surface area contributed by atoms with Crippen LogP contribution in [0.15, 0.2) is 0 Å². The molecule has 1 heterocycles. The molecule has 0 saturated carbocycles. The molecule has 5 heteroatoms. The standard InChI is InChI=1S/C9H19NO4/c1-4(2)9-8(13)7(12)6(11)5(3-10)14-9/h4-9,11-13H,3,10H2,1-2H3/t5?,6-,7?,8+,9+/m1/s1. The van der Waals surface area contributed by atoms with E-state index in [-0.39, 0.29) is 12.5 Å². The highest BCUT2D eigenvalue weighted by Gasteiger charge is 2.43.